The predicted molar refractivity (Wildman–Crippen MR) is 107 cm³/mol. The van der Waals surface area contributed by atoms with Crippen LogP contribution >= 0.6 is 0 Å². The minimum absolute atomic E-state index is 0.0831. The average molecular weight is 365 g/mol. The molecule has 1 saturated heterocycles. The molecular formula is C22H27N3O2. The van der Waals surface area contributed by atoms with Crippen molar-refractivity contribution in [2.45, 2.75) is 38.1 Å². The van der Waals surface area contributed by atoms with Gasteiger partial charge in [0.1, 0.15) is 0 Å². The quantitative estimate of drug-likeness (QED) is 0.799. The van der Waals surface area contributed by atoms with E-state index in [1.807, 2.05) is 42.2 Å². The van der Waals surface area contributed by atoms with Crippen LogP contribution < -0.4 is 11.1 Å². The summed E-state index contributed by atoms with van der Waals surface area (Å²) in [5.74, 6) is -0.0169. The number of carbonyl (C=O) groups excluding carboxylic acids is 2. The van der Waals surface area contributed by atoms with Crippen LogP contribution in [0, 0.1) is 0 Å². The van der Waals surface area contributed by atoms with Crippen LogP contribution in [0.15, 0.2) is 54.6 Å². The van der Waals surface area contributed by atoms with E-state index in [9.17, 15) is 9.59 Å². The third kappa shape index (κ3) is 4.67. The second kappa shape index (κ2) is 8.71. The lowest BCUT2D eigenvalue weighted by atomic mass is 9.93. The van der Waals surface area contributed by atoms with Gasteiger partial charge in [0, 0.05) is 30.4 Å². The molecule has 2 amide bonds. The van der Waals surface area contributed by atoms with Gasteiger partial charge in [0.2, 0.25) is 5.91 Å². The average Bonchev–Trinajstić information content (AvgIpc) is 2.70. The van der Waals surface area contributed by atoms with E-state index in [0.29, 0.717) is 24.3 Å². The van der Waals surface area contributed by atoms with Gasteiger partial charge < -0.3 is 16.0 Å². The Labute approximate surface area is 160 Å². The topological polar surface area (TPSA) is 75.4 Å². The maximum Gasteiger partial charge on any atom is 0.251 e. The Kier molecular flexibility index (Phi) is 6.12. The highest BCUT2D eigenvalue weighted by molar-refractivity contribution is 5.95. The summed E-state index contributed by atoms with van der Waals surface area (Å²) in [5.41, 5.74) is 7.97. The SMILES string of the molecule is CCC(C(=O)N1CCC(NC(=O)c2cccc(N)c2)CC1)c1ccccc1. The van der Waals surface area contributed by atoms with E-state index in [1.54, 1.807) is 24.3 Å². The Morgan fingerprint density at radius 3 is 2.44 bits per heavy atom. The van der Waals surface area contributed by atoms with Gasteiger partial charge in [-0.3, -0.25) is 9.59 Å². The van der Waals surface area contributed by atoms with Crippen LogP contribution in [0.3, 0.4) is 0 Å². The largest absolute Gasteiger partial charge is 0.399 e. The number of likely N-dealkylation sites (tertiary alicyclic amines) is 1. The van der Waals surface area contributed by atoms with Crippen LogP contribution in [0.25, 0.3) is 0 Å². The summed E-state index contributed by atoms with van der Waals surface area (Å²) in [7, 11) is 0. The van der Waals surface area contributed by atoms with Crippen LogP contribution in [0.1, 0.15) is 48.0 Å². The maximum absolute atomic E-state index is 12.9. The van der Waals surface area contributed by atoms with Gasteiger partial charge >= 0.3 is 0 Å². The van der Waals surface area contributed by atoms with Crippen molar-refractivity contribution in [3.8, 4) is 0 Å². The number of nitrogens with two attached hydrogens (primary N) is 1. The highest BCUT2D eigenvalue weighted by atomic mass is 16.2. The van der Waals surface area contributed by atoms with Crippen molar-refractivity contribution < 1.29 is 9.59 Å². The monoisotopic (exact) mass is 365 g/mol. The summed E-state index contributed by atoms with van der Waals surface area (Å²) >= 11 is 0. The minimum atomic E-state index is -0.109. The van der Waals surface area contributed by atoms with Gasteiger partial charge in [-0.15, -0.1) is 0 Å². The third-order valence-electron chi connectivity index (χ3n) is 5.20. The van der Waals surface area contributed by atoms with E-state index < -0.39 is 0 Å². The number of nitrogen functional groups attached to an aromatic ring is 1. The molecule has 0 aliphatic carbocycles. The van der Waals surface area contributed by atoms with Crippen molar-refractivity contribution in [2.75, 3.05) is 18.8 Å². The molecule has 1 unspecified atom stereocenters. The van der Waals surface area contributed by atoms with Gasteiger partial charge in [-0.1, -0.05) is 43.3 Å². The second-order valence-corrected chi connectivity index (χ2v) is 7.07. The van der Waals surface area contributed by atoms with Crippen molar-refractivity contribution in [3.05, 3.63) is 65.7 Å². The summed E-state index contributed by atoms with van der Waals surface area (Å²) in [6.45, 7) is 3.39. The third-order valence-corrected chi connectivity index (χ3v) is 5.20. The lowest BCUT2D eigenvalue weighted by Crippen LogP contribution is -2.47. The number of benzene rings is 2. The summed E-state index contributed by atoms with van der Waals surface area (Å²) in [6.07, 6.45) is 2.32. The van der Waals surface area contributed by atoms with Gasteiger partial charge in [0.15, 0.2) is 0 Å². The molecular weight excluding hydrogens is 338 g/mol. The highest BCUT2D eigenvalue weighted by Gasteiger charge is 2.28. The van der Waals surface area contributed by atoms with E-state index in [4.69, 9.17) is 5.73 Å². The Bertz CT molecular complexity index is 783. The molecule has 1 aliphatic rings. The zero-order chi connectivity index (χ0) is 19.2. The van der Waals surface area contributed by atoms with Crippen molar-refractivity contribution in [1.82, 2.24) is 10.2 Å². The maximum atomic E-state index is 12.9. The van der Waals surface area contributed by atoms with Crippen molar-refractivity contribution in [2.24, 2.45) is 0 Å². The Balaban J connectivity index is 1.55. The molecule has 2 aromatic rings. The molecule has 1 heterocycles. The van der Waals surface area contributed by atoms with Crippen molar-refractivity contribution in [3.63, 3.8) is 0 Å². The molecule has 0 aromatic heterocycles. The normalized spacial score (nSPS) is 16.0. The fourth-order valence-electron chi connectivity index (χ4n) is 3.65. The molecule has 0 radical (unpaired) electrons. The number of carbonyl (C=O) groups is 2. The first-order valence-electron chi connectivity index (χ1n) is 9.58. The first-order valence-corrected chi connectivity index (χ1v) is 9.58. The van der Waals surface area contributed by atoms with Crippen molar-refractivity contribution >= 4 is 17.5 Å². The Hall–Kier alpha value is -2.82. The molecule has 3 rings (SSSR count). The number of nitrogens with zero attached hydrogens (tertiary/aromatic N) is 1. The smallest absolute Gasteiger partial charge is 0.251 e. The van der Waals surface area contributed by atoms with Gasteiger partial charge in [0.05, 0.1) is 5.92 Å². The molecule has 1 aliphatic heterocycles. The number of nitrogens with one attached hydrogen (secondary N) is 1. The molecule has 0 saturated carbocycles. The molecule has 0 bridgehead atoms. The first kappa shape index (κ1) is 19.0. The van der Waals surface area contributed by atoms with E-state index >= 15 is 0 Å². The highest BCUT2D eigenvalue weighted by Crippen LogP contribution is 2.24. The molecule has 3 N–H and O–H groups in total. The number of piperidine rings is 1. The van der Waals surface area contributed by atoms with Crippen LogP contribution in [-0.4, -0.2) is 35.8 Å². The number of rotatable bonds is 5. The number of hydrogen-bond acceptors (Lipinski definition) is 3. The number of amides is 2. The Morgan fingerprint density at radius 2 is 1.81 bits per heavy atom. The summed E-state index contributed by atoms with van der Waals surface area (Å²) in [4.78, 5) is 27.3. The number of anilines is 1. The zero-order valence-corrected chi connectivity index (χ0v) is 15.7. The van der Waals surface area contributed by atoms with E-state index in [0.717, 1.165) is 24.8 Å². The molecule has 1 fully saturated rings. The van der Waals surface area contributed by atoms with Crippen LogP contribution in [0.5, 0.6) is 0 Å². The number of hydrogen-bond donors (Lipinski definition) is 2. The second-order valence-electron chi connectivity index (χ2n) is 7.07. The fourth-order valence-corrected chi connectivity index (χ4v) is 3.65. The van der Waals surface area contributed by atoms with Crippen LogP contribution in [0.4, 0.5) is 5.69 Å². The first-order chi connectivity index (χ1) is 13.1. The molecule has 142 valence electrons. The van der Waals surface area contributed by atoms with Gasteiger partial charge in [0.25, 0.3) is 5.91 Å². The summed E-state index contributed by atoms with van der Waals surface area (Å²) in [6, 6.07) is 17.0. The van der Waals surface area contributed by atoms with E-state index in [-0.39, 0.29) is 23.8 Å². The van der Waals surface area contributed by atoms with E-state index in [1.165, 1.54) is 0 Å². The molecule has 5 heteroatoms. The summed E-state index contributed by atoms with van der Waals surface area (Å²) in [5, 5.41) is 3.06. The zero-order valence-electron chi connectivity index (χ0n) is 15.7. The minimum Gasteiger partial charge on any atom is -0.399 e. The summed E-state index contributed by atoms with van der Waals surface area (Å²) < 4.78 is 0. The molecule has 1 atom stereocenters. The van der Waals surface area contributed by atoms with Crippen molar-refractivity contribution in [1.29, 1.82) is 0 Å². The molecule has 5 nitrogen and oxygen atoms in total. The molecule has 2 aromatic carbocycles. The molecule has 27 heavy (non-hydrogen) atoms. The van der Waals surface area contributed by atoms with Gasteiger partial charge in [-0.25, -0.2) is 0 Å². The fraction of sp³-hybridized carbons (Fsp3) is 0.364. The Morgan fingerprint density at radius 1 is 1.11 bits per heavy atom. The van der Waals surface area contributed by atoms with Gasteiger partial charge in [-0.05, 0) is 43.0 Å². The lowest BCUT2D eigenvalue weighted by molar-refractivity contribution is -0.134. The molecule has 0 spiro atoms. The predicted octanol–water partition coefficient (Wildman–Crippen LogP) is 3.18. The van der Waals surface area contributed by atoms with E-state index in [2.05, 4.69) is 5.32 Å². The van der Waals surface area contributed by atoms with Crippen LogP contribution in [0.2, 0.25) is 0 Å². The lowest BCUT2D eigenvalue weighted by Gasteiger charge is -2.34. The van der Waals surface area contributed by atoms with Gasteiger partial charge in [-0.2, -0.15) is 0 Å². The standard InChI is InChI=1S/C22H27N3O2/c1-2-20(16-7-4-3-5-8-16)22(27)25-13-11-19(12-14-25)24-21(26)17-9-6-10-18(23)15-17/h3-10,15,19-20H,2,11-14,23H2,1H3,(H,24,26). The van der Waals surface area contributed by atoms with Crippen LogP contribution in [-0.2, 0) is 4.79 Å².